The van der Waals surface area contributed by atoms with E-state index in [1.54, 1.807) is 6.08 Å². The van der Waals surface area contributed by atoms with Gasteiger partial charge in [0, 0.05) is 23.9 Å². The zero-order valence-electron chi connectivity index (χ0n) is 19.2. The van der Waals surface area contributed by atoms with E-state index >= 15 is 0 Å². The molecule has 5 heterocycles. The van der Waals surface area contributed by atoms with Crippen LogP contribution >= 0.6 is 23.5 Å². The third kappa shape index (κ3) is 4.21. The van der Waals surface area contributed by atoms with Crippen LogP contribution in [0.4, 0.5) is 0 Å². The molecular weight excluding hydrogens is 522 g/mol. The second-order valence-corrected chi connectivity index (χ2v) is 11.1. The van der Waals surface area contributed by atoms with Gasteiger partial charge in [0.15, 0.2) is 5.65 Å². The fourth-order valence-electron chi connectivity index (χ4n) is 4.75. The normalized spacial score (nSPS) is 24.6. The summed E-state index contributed by atoms with van der Waals surface area (Å²) in [5.41, 5.74) is 1.06. The Morgan fingerprint density at radius 3 is 2.86 bits per heavy atom. The van der Waals surface area contributed by atoms with E-state index in [2.05, 4.69) is 25.3 Å². The van der Waals surface area contributed by atoms with Gasteiger partial charge in [-0.25, -0.2) is 14.6 Å². The monoisotopic (exact) mass is 543 g/mol. The number of aliphatic carboxylic acids is 1. The molecule has 1 saturated carbocycles. The lowest BCUT2D eigenvalue weighted by atomic mass is 10.0. The van der Waals surface area contributed by atoms with Crippen molar-refractivity contribution in [2.24, 2.45) is 0 Å². The molecule has 15 heteroatoms. The van der Waals surface area contributed by atoms with Gasteiger partial charge in [0.1, 0.15) is 27.7 Å². The number of thioether (sulfide) groups is 2. The molecule has 4 N–H and O–H groups in total. The number of amides is 3. The third-order valence-electron chi connectivity index (χ3n) is 6.63. The molecule has 0 bridgehead atoms. The highest BCUT2D eigenvalue weighted by molar-refractivity contribution is 8.00. The zero-order valence-corrected chi connectivity index (χ0v) is 20.9. The maximum atomic E-state index is 12.9. The van der Waals surface area contributed by atoms with Gasteiger partial charge in [-0.05, 0) is 30.9 Å². The van der Waals surface area contributed by atoms with E-state index in [4.69, 9.17) is 0 Å². The average Bonchev–Trinajstić information content (AvgIpc) is 3.49. The van der Waals surface area contributed by atoms with Crippen molar-refractivity contribution in [1.82, 2.24) is 35.1 Å². The summed E-state index contributed by atoms with van der Waals surface area (Å²) >= 11 is 2.36. The van der Waals surface area contributed by atoms with Crippen LogP contribution in [-0.2, 0) is 19.2 Å². The van der Waals surface area contributed by atoms with Gasteiger partial charge in [0.2, 0.25) is 11.8 Å². The maximum Gasteiger partial charge on any atom is 0.352 e. The van der Waals surface area contributed by atoms with E-state index < -0.39 is 34.9 Å². The Labute approximate surface area is 217 Å². The first-order valence-electron chi connectivity index (χ1n) is 11.6. The largest absolute Gasteiger partial charge is 0.477 e. The third-order valence-corrected chi connectivity index (χ3v) is 8.91. The Balaban J connectivity index is 1.14. The van der Waals surface area contributed by atoms with Gasteiger partial charge in [0.25, 0.3) is 5.91 Å². The minimum atomic E-state index is -1.25. The first-order chi connectivity index (χ1) is 17.8. The van der Waals surface area contributed by atoms with Crippen molar-refractivity contribution in [3.63, 3.8) is 0 Å². The van der Waals surface area contributed by atoms with Crippen molar-refractivity contribution in [1.29, 1.82) is 0 Å². The summed E-state index contributed by atoms with van der Waals surface area (Å²) in [5, 5.41) is 12.3. The van der Waals surface area contributed by atoms with Crippen LogP contribution in [-0.4, -0.2) is 94.0 Å². The smallest absolute Gasteiger partial charge is 0.352 e. The van der Waals surface area contributed by atoms with Crippen LogP contribution in [0, 0.1) is 0 Å². The number of β-lactam (4-membered cyclic amide) rings is 1. The van der Waals surface area contributed by atoms with Gasteiger partial charge in [-0.15, -0.1) is 11.8 Å². The summed E-state index contributed by atoms with van der Waals surface area (Å²) in [6.45, 7) is 0.633. The van der Waals surface area contributed by atoms with Crippen molar-refractivity contribution in [2.75, 3.05) is 18.1 Å². The molecule has 37 heavy (non-hydrogen) atoms. The first-order valence-corrected chi connectivity index (χ1v) is 13.6. The topological polar surface area (TPSA) is 181 Å². The number of nitrogens with zero attached hydrogens (tertiary/aromatic N) is 4. The minimum Gasteiger partial charge on any atom is -0.477 e. The van der Waals surface area contributed by atoms with Gasteiger partial charge in [0.05, 0.1) is 12.1 Å². The zero-order chi connectivity index (χ0) is 25.8. The second-order valence-electron chi connectivity index (χ2n) is 9.05. The number of aromatic amines is 2. The van der Waals surface area contributed by atoms with Crippen LogP contribution in [0.3, 0.4) is 0 Å². The highest BCUT2D eigenvalue weighted by Gasteiger charge is 2.54. The number of hydrogen-bond donors (Lipinski definition) is 4. The molecule has 2 saturated heterocycles. The molecule has 0 unspecified atom stereocenters. The van der Waals surface area contributed by atoms with E-state index in [-0.39, 0.29) is 17.4 Å². The molecular formula is C22H21N7O6S2. The summed E-state index contributed by atoms with van der Waals surface area (Å²) < 4.78 is 0. The maximum absolute atomic E-state index is 12.9. The van der Waals surface area contributed by atoms with E-state index in [9.17, 15) is 29.1 Å². The Hall–Kier alpha value is -3.59. The van der Waals surface area contributed by atoms with Gasteiger partial charge in [-0.3, -0.25) is 24.3 Å². The molecule has 4 aliphatic rings. The predicted octanol–water partition coefficient (Wildman–Crippen LogP) is -0.202. The molecule has 3 aliphatic heterocycles. The number of carbonyl (C=O) groups is 4. The molecule has 6 rings (SSSR count). The van der Waals surface area contributed by atoms with E-state index in [1.165, 1.54) is 23.0 Å². The first kappa shape index (κ1) is 23.8. The highest BCUT2D eigenvalue weighted by Crippen LogP contribution is 2.42. The van der Waals surface area contributed by atoms with Crippen molar-refractivity contribution < 1.29 is 24.3 Å². The summed E-state index contributed by atoms with van der Waals surface area (Å²) in [6, 6.07) is -0.584. The van der Waals surface area contributed by atoms with E-state index in [0.717, 1.165) is 24.6 Å². The number of aromatic nitrogens is 4. The number of rotatable bonds is 7. The molecule has 2 aromatic heterocycles. The lowest BCUT2D eigenvalue weighted by Crippen LogP contribution is -2.70. The van der Waals surface area contributed by atoms with E-state index in [0.29, 0.717) is 52.1 Å². The molecule has 1 aliphatic carbocycles. The summed E-state index contributed by atoms with van der Waals surface area (Å²) in [7, 11) is 0. The van der Waals surface area contributed by atoms with Gasteiger partial charge < -0.3 is 20.3 Å². The van der Waals surface area contributed by atoms with Crippen LogP contribution in [0.1, 0.15) is 19.3 Å². The van der Waals surface area contributed by atoms with Crippen molar-refractivity contribution in [3.05, 3.63) is 39.7 Å². The molecule has 3 amide bonds. The Bertz CT molecular complexity index is 1480. The molecule has 0 aromatic carbocycles. The second kappa shape index (κ2) is 9.06. The summed E-state index contributed by atoms with van der Waals surface area (Å²) in [6.07, 6.45) is 5.58. The lowest BCUT2D eigenvalue weighted by Gasteiger charge is -2.49. The van der Waals surface area contributed by atoms with Crippen LogP contribution in [0.15, 0.2) is 39.1 Å². The van der Waals surface area contributed by atoms with Crippen molar-refractivity contribution in [2.45, 2.75) is 41.7 Å². The van der Waals surface area contributed by atoms with Crippen molar-refractivity contribution in [3.8, 4) is 0 Å². The lowest BCUT2D eigenvalue weighted by molar-refractivity contribution is -0.150. The quantitative estimate of drug-likeness (QED) is 0.158. The molecule has 0 radical (unpaired) electrons. The number of H-pyrrole nitrogens is 2. The number of carbonyl (C=O) groups excluding carboxylic acids is 3. The molecule has 3 fully saturated rings. The number of imidazole rings is 1. The Morgan fingerprint density at radius 2 is 2.11 bits per heavy atom. The SMILES string of the molecule is O=C(CSc1nc(=O)[nH]c2nc[nH]c12)N[C@@H]1C(=O)N2C(C(=O)O)=C(/C=C3\CCN(C4CC4)C3=O)CS[C@H]12. The van der Waals surface area contributed by atoms with Crippen LogP contribution in [0.25, 0.3) is 11.2 Å². The average molecular weight is 544 g/mol. The Kier molecular flexibility index (Phi) is 5.82. The van der Waals surface area contributed by atoms with Crippen LogP contribution in [0.2, 0.25) is 0 Å². The number of carboxylic acids is 1. The molecule has 0 spiro atoms. The van der Waals surface area contributed by atoms with Crippen LogP contribution in [0.5, 0.6) is 0 Å². The minimum absolute atomic E-state index is 0.0632. The number of fused-ring (bicyclic) bond motifs is 2. The van der Waals surface area contributed by atoms with Gasteiger partial charge in [-0.1, -0.05) is 11.8 Å². The molecule has 2 atom stereocenters. The highest BCUT2D eigenvalue weighted by atomic mass is 32.2. The standard InChI is InChI=1S/C22H21N7O6S2/c30-12(7-36-17-13-16(24-8-23-13)26-22(35)27-17)25-14-19(32)29-15(21(33)34)10(6-37-20(14)29)5-9-3-4-28(18(9)31)11-1-2-11/h5,8,11,14,20H,1-4,6-7H2,(H,25,30)(H,33,34)(H2,23,24,26,27,35)/b9-5+/t14-,20-/m1/s1. The number of allylic oxidation sites excluding steroid dienone is 1. The van der Waals surface area contributed by atoms with Crippen LogP contribution < -0.4 is 11.0 Å². The molecule has 2 aromatic rings. The summed E-state index contributed by atoms with van der Waals surface area (Å²) in [5.74, 6) is -2.10. The predicted molar refractivity (Wildman–Crippen MR) is 132 cm³/mol. The Morgan fingerprint density at radius 1 is 1.30 bits per heavy atom. The fraction of sp³-hybridized carbons (Fsp3) is 0.409. The van der Waals surface area contributed by atoms with Gasteiger partial charge >= 0.3 is 11.7 Å². The summed E-state index contributed by atoms with van der Waals surface area (Å²) in [4.78, 5) is 78.2. The number of carboxylic acid groups (broad SMARTS) is 1. The van der Waals surface area contributed by atoms with Gasteiger partial charge in [-0.2, -0.15) is 4.98 Å². The fourth-order valence-corrected chi connectivity index (χ4v) is 6.85. The molecule has 13 nitrogen and oxygen atoms in total. The number of hydrogen-bond acceptors (Lipinski definition) is 9. The molecule has 192 valence electrons. The van der Waals surface area contributed by atoms with Crippen molar-refractivity contribution >= 4 is 58.4 Å². The number of likely N-dealkylation sites (tertiary alicyclic amines) is 1. The number of nitrogens with one attached hydrogen (secondary N) is 3. The van der Waals surface area contributed by atoms with E-state index in [1.807, 2.05) is 4.90 Å².